The standard InChI is InChI=1S/C30H40O6/c1-33-23-17-15-22(16-18-23)26-20-25(32)29-28(36-26)21-27(34-2)24(30(29)35-3)14-12-10-8-6-4-5-7-9-11-13-19-31/h15-18,20-21,31H,4-14,19H2,1-3H3. The molecule has 196 valence electrons. The summed E-state index contributed by atoms with van der Waals surface area (Å²) in [5, 5.41) is 9.28. The first-order valence-electron chi connectivity index (χ1n) is 13.1. The molecule has 0 bridgehead atoms. The largest absolute Gasteiger partial charge is 0.497 e. The van der Waals surface area contributed by atoms with E-state index in [1.165, 1.54) is 44.6 Å². The highest BCUT2D eigenvalue weighted by Crippen LogP contribution is 2.38. The van der Waals surface area contributed by atoms with Gasteiger partial charge in [0.2, 0.25) is 0 Å². The average Bonchev–Trinajstić information content (AvgIpc) is 2.91. The Morgan fingerprint density at radius 1 is 0.750 bits per heavy atom. The number of methoxy groups -OCH3 is 3. The zero-order valence-electron chi connectivity index (χ0n) is 21.9. The quantitative estimate of drug-likeness (QED) is 0.217. The second kappa shape index (κ2) is 14.5. The zero-order chi connectivity index (χ0) is 25.8. The molecule has 2 aromatic carbocycles. The molecule has 0 fully saturated rings. The predicted molar refractivity (Wildman–Crippen MR) is 145 cm³/mol. The van der Waals surface area contributed by atoms with Crippen molar-refractivity contribution < 1.29 is 23.7 Å². The summed E-state index contributed by atoms with van der Waals surface area (Å²) < 4.78 is 22.8. The zero-order valence-corrected chi connectivity index (χ0v) is 21.9. The SMILES string of the molecule is COc1ccc(-c2cc(=O)c3c(OC)c(CCCCCCCCCCCCO)c(OC)cc3o2)cc1. The minimum atomic E-state index is -0.137. The van der Waals surface area contributed by atoms with Gasteiger partial charge in [0, 0.05) is 29.9 Å². The number of hydrogen-bond acceptors (Lipinski definition) is 6. The Bertz CT molecular complexity index is 1130. The summed E-state index contributed by atoms with van der Waals surface area (Å²) in [4.78, 5) is 13.2. The number of aliphatic hydroxyl groups excluding tert-OH is 1. The Kier molecular flexibility index (Phi) is 11.1. The summed E-state index contributed by atoms with van der Waals surface area (Å²) in [5.41, 5.74) is 2.02. The first-order chi connectivity index (χ1) is 17.6. The lowest BCUT2D eigenvalue weighted by atomic mass is 10.00. The molecule has 1 aromatic heterocycles. The fourth-order valence-corrected chi connectivity index (χ4v) is 4.68. The molecule has 3 rings (SSSR count). The topological polar surface area (TPSA) is 78.1 Å². The third kappa shape index (κ3) is 7.26. The molecule has 1 N–H and O–H groups in total. The Hall–Kier alpha value is -2.99. The van der Waals surface area contributed by atoms with E-state index in [1.54, 1.807) is 27.4 Å². The van der Waals surface area contributed by atoms with Gasteiger partial charge in [-0.3, -0.25) is 4.79 Å². The molecule has 0 saturated heterocycles. The highest BCUT2D eigenvalue weighted by atomic mass is 16.5. The molecular formula is C30H40O6. The Balaban J connectivity index is 1.67. The number of benzene rings is 2. The highest BCUT2D eigenvalue weighted by molar-refractivity contribution is 5.88. The average molecular weight is 497 g/mol. The first-order valence-corrected chi connectivity index (χ1v) is 13.1. The smallest absolute Gasteiger partial charge is 0.197 e. The van der Waals surface area contributed by atoms with Gasteiger partial charge in [0.15, 0.2) is 5.43 Å². The third-order valence-corrected chi connectivity index (χ3v) is 6.67. The molecule has 0 atom stereocenters. The molecule has 1 heterocycles. The molecule has 0 saturated carbocycles. The van der Waals surface area contributed by atoms with Crippen molar-refractivity contribution in [1.29, 1.82) is 0 Å². The predicted octanol–water partition coefficient (Wildman–Crippen LogP) is 6.92. The van der Waals surface area contributed by atoms with E-state index >= 15 is 0 Å². The monoisotopic (exact) mass is 496 g/mol. The number of aliphatic hydroxyl groups is 1. The summed E-state index contributed by atoms with van der Waals surface area (Å²) >= 11 is 0. The number of hydrogen-bond donors (Lipinski definition) is 1. The molecular weight excluding hydrogens is 456 g/mol. The van der Waals surface area contributed by atoms with Crippen molar-refractivity contribution in [3.05, 3.63) is 52.2 Å². The fourth-order valence-electron chi connectivity index (χ4n) is 4.68. The second-order valence-corrected chi connectivity index (χ2v) is 9.18. The van der Waals surface area contributed by atoms with Crippen LogP contribution in [0.15, 0.2) is 45.6 Å². The van der Waals surface area contributed by atoms with Crippen molar-refractivity contribution in [3.8, 4) is 28.6 Å². The molecule has 0 radical (unpaired) electrons. The van der Waals surface area contributed by atoms with Crippen LogP contribution in [-0.4, -0.2) is 33.0 Å². The van der Waals surface area contributed by atoms with E-state index in [-0.39, 0.29) is 5.43 Å². The maximum absolute atomic E-state index is 13.2. The minimum absolute atomic E-state index is 0.137. The van der Waals surface area contributed by atoms with Gasteiger partial charge in [-0.15, -0.1) is 0 Å². The van der Waals surface area contributed by atoms with Crippen LogP contribution < -0.4 is 19.6 Å². The van der Waals surface area contributed by atoms with Crippen LogP contribution in [0.2, 0.25) is 0 Å². The van der Waals surface area contributed by atoms with Crippen LogP contribution >= 0.6 is 0 Å². The van der Waals surface area contributed by atoms with Crippen LogP contribution in [0.5, 0.6) is 17.2 Å². The molecule has 6 heteroatoms. The van der Waals surface area contributed by atoms with Crippen LogP contribution in [-0.2, 0) is 6.42 Å². The van der Waals surface area contributed by atoms with Crippen molar-refractivity contribution in [3.63, 3.8) is 0 Å². The van der Waals surface area contributed by atoms with Crippen LogP contribution in [0, 0.1) is 0 Å². The third-order valence-electron chi connectivity index (χ3n) is 6.67. The normalized spacial score (nSPS) is 11.1. The lowest BCUT2D eigenvalue weighted by Crippen LogP contribution is -2.06. The van der Waals surface area contributed by atoms with Crippen molar-refractivity contribution in [2.75, 3.05) is 27.9 Å². The van der Waals surface area contributed by atoms with Gasteiger partial charge in [-0.2, -0.15) is 0 Å². The van der Waals surface area contributed by atoms with Gasteiger partial charge in [-0.1, -0.05) is 51.4 Å². The van der Waals surface area contributed by atoms with Crippen molar-refractivity contribution in [1.82, 2.24) is 0 Å². The molecule has 0 spiro atoms. The van der Waals surface area contributed by atoms with Crippen molar-refractivity contribution >= 4 is 11.0 Å². The molecule has 0 unspecified atom stereocenters. The van der Waals surface area contributed by atoms with Crippen LogP contribution in [0.1, 0.15) is 69.8 Å². The van der Waals surface area contributed by atoms with Gasteiger partial charge in [0.25, 0.3) is 0 Å². The van der Waals surface area contributed by atoms with E-state index in [0.29, 0.717) is 34.8 Å². The summed E-state index contributed by atoms with van der Waals surface area (Å²) in [7, 11) is 4.84. The lowest BCUT2D eigenvalue weighted by Gasteiger charge is -2.16. The van der Waals surface area contributed by atoms with Crippen LogP contribution in [0.4, 0.5) is 0 Å². The van der Waals surface area contributed by atoms with Gasteiger partial charge < -0.3 is 23.7 Å². The highest BCUT2D eigenvalue weighted by Gasteiger charge is 2.20. The van der Waals surface area contributed by atoms with Crippen LogP contribution in [0.25, 0.3) is 22.3 Å². The summed E-state index contributed by atoms with van der Waals surface area (Å²) in [6, 6.07) is 10.7. The number of fused-ring (bicyclic) bond motifs is 1. The number of rotatable bonds is 16. The van der Waals surface area contributed by atoms with Crippen molar-refractivity contribution in [2.24, 2.45) is 0 Å². The van der Waals surface area contributed by atoms with Gasteiger partial charge in [-0.05, 0) is 43.5 Å². The van der Waals surface area contributed by atoms with E-state index in [2.05, 4.69) is 0 Å². The van der Waals surface area contributed by atoms with Gasteiger partial charge >= 0.3 is 0 Å². The Morgan fingerprint density at radius 2 is 1.36 bits per heavy atom. The second-order valence-electron chi connectivity index (χ2n) is 9.18. The number of unbranched alkanes of at least 4 members (excludes halogenated alkanes) is 9. The lowest BCUT2D eigenvalue weighted by molar-refractivity contribution is 0.282. The van der Waals surface area contributed by atoms with Crippen molar-refractivity contribution in [2.45, 2.75) is 70.6 Å². The van der Waals surface area contributed by atoms with E-state index in [0.717, 1.165) is 49.0 Å². The Morgan fingerprint density at radius 3 is 1.92 bits per heavy atom. The summed E-state index contributed by atoms with van der Waals surface area (Å²) in [6.45, 7) is 0.308. The molecule has 6 nitrogen and oxygen atoms in total. The van der Waals surface area contributed by atoms with E-state index in [1.807, 2.05) is 24.3 Å². The molecule has 0 aliphatic rings. The fraction of sp³-hybridized carbons (Fsp3) is 0.500. The van der Waals surface area contributed by atoms with Gasteiger partial charge in [0.05, 0.1) is 21.3 Å². The van der Waals surface area contributed by atoms with E-state index in [4.69, 9.17) is 23.7 Å². The maximum atomic E-state index is 13.2. The molecule has 0 aliphatic carbocycles. The summed E-state index contributed by atoms with van der Waals surface area (Å²) in [5.74, 6) is 2.45. The summed E-state index contributed by atoms with van der Waals surface area (Å²) in [6.07, 6.45) is 12.4. The van der Waals surface area contributed by atoms with E-state index < -0.39 is 0 Å². The Labute approximate surface area is 214 Å². The minimum Gasteiger partial charge on any atom is -0.497 e. The molecule has 36 heavy (non-hydrogen) atoms. The maximum Gasteiger partial charge on any atom is 0.197 e. The first kappa shape index (κ1) is 27.6. The van der Waals surface area contributed by atoms with Gasteiger partial charge in [0.1, 0.15) is 34.0 Å². The van der Waals surface area contributed by atoms with E-state index in [9.17, 15) is 4.79 Å². The molecule has 0 amide bonds. The van der Waals surface area contributed by atoms with Gasteiger partial charge in [-0.25, -0.2) is 0 Å². The number of ether oxygens (including phenoxy) is 3. The molecule has 3 aromatic rings. The molecule has 0 aliphatic heterocycles. The van der Waals surface area contributed by atoms with Crippen LogP contribution in [0.3, 0.4) is 0 Å².